The van der Waals surface area contributed by atoms with E-state index in [-0.39, 0.29) is 18.1 Å². The molecular formula is C19H22N4O4. The molecule has 0 unspecified atom stereocenters. The Hall–Kier alpha value is -2.87. The number of aromatic nitrogens is 2. The van der Waals surface area contributed by atoms with E-state index in [1.807, 2.05) is 32.0 Å². The van der Waals surface area contributed by atoms with Crippen molar-refractivity contribution in [2.24, 2.45) is 0 Å². The third-order valence-corrected chi connectivity index (χ3v) is 4.94. The average molecular weight is 370 g/mol. The molecule has 1 aromatic heterocycles. The molecule has 3 heterocycles. The van der Waals surface area contributed by atoms with Crippen LogP contribution in [0, 0.1) is 0 Å². The van der Waals surface area contributed by atoms with Crippen molar-refractivity contribution in [3.8, 4) is 5.75 Å². The van der Waals surface area contributed by atoms with Gasteiger partial charge in [0.15, 0.2) is 5.69 Å². The van der Waals surface area contributed by atoms with Gasteiger partial charge in [-0.05, 0) is 26.0 Å². The van der Waals surface area contributed by atoms with Gasteiger partial charge in [-0.3, -0.25) is 14.7 Å². The molecule has 0 saturated heterocycles. The highest BCUT2D eigenvalue weighted by atomic mass is 16.5. The van der Waals surface area contributed by atoms with Crippen LogP contribution in [0.4, 0.5) is 5.69 Å². The maximum absolute atomic E-state index is 12.8. The Morgan fingerprint density at radius 1 is 1.37 bits per heavy atom. The summed E-state index contributed by atoms with van der Waals surface area (Å²) < 4.78 is 11.5. The summed E-state index contributed by atoms with van der Waals surface area (Å²) in [6.45, 7) is 4.39. The molecule has 2 aliphatic rings. The van der Waals surface area contributed by atoms with E-state index in [0.717, 1.165) is 11.3 Å². The van der Waals surface area contributed by atoms with E-state index in [1.54, 1.807) is 13.1 Å². The fourth-order valence-electron chi connectivity index (χ4n) is 3.43. The number of nitrogens with one attached hydrogen (secondary N) is 2. The Morgan fingerprint density at radius 2 is 2.15 bits per heavy atom. The van der Waals surface area contributed by atoms with Gasteiger partial charge in [0.2, 0.25) is 0 Å². The van der Waals surface area contributed by atoms with Crippen molar-refractivity contribution in [1.29, 1.82) is 0 Å². The lowest BCUT2D eigenvalue weighted by Crippen LogP contribution is -2.49. The van der Waals surface area contributed by atoms with Crippen molar-refractivity contribution < 1.29 is 19.1 Å². The summed E-state index contributed by atoms with van der Waals surface area (Å²) in [7, 11) is 1.67. The molecule has 142 valence electrons. The first kappa shape index (κ1) is 17.5. The monoisotopic (exact) mass is 370 g/mol. The van der Waals surface area contributed by atoms with Crippen LogP contribution in [0.5, 0.6) is 5.75 Å². The molecule has 2 aromatic rings. The van der Waals surface area contributed by atoms with E-state index < -0.39 is 11.9 Å². The number of anilines is 1. The summed E-state index contributed by atoms with van der Waals surface area (Å²) in [6, 6.07) is 6.50. The lowest BCUT2D eigenvalue weighted by atomic mass is 9.94. The molecule has 0 spiro atoms. The SMILES string of the molecule is CN1C(=O)[C@@H](NC(=O)c2n[nH]c3c2CC(C)(C)OC3)COc2ccccc21. The number of rotatable bonds is 2. The van der Waals surface area contributed by atoms with Crippen LogP contribution >= 0.6 is 0 Å². The lowest BCUT2D eigenvalue weighted by Gasteiger charge is -2.30. The first-order valence-electron chi connectivity index (χ1n) is 8.86. The molecule has 2 amide bonds. The van der Waals surface area contributed by atoms with E-state index in [0.29, 0.717) is 30.2 Å². The topological polar surface area (TPSA) is 96.6 Å². The van der Waals surface area contributed by atoms with Gasteiger partial charge in [-0.2, -0.15) is 5.10 Å². The minimum Gasteiger partial charge on any atom is -0.489 e. The van der Waals surface area contributed by atoms with E-state index in [1.165, 1.54) is 4.90 Å². The summed E-state index contributed by atoms with van der Waals surface area (Å²) in [5.74, 6) is -0.0194. The molecule has 0 bridgehead atoms. The fraction of sp³-hybridized carbons (Fsp3) is 0.421. The van der Waals surface area contributed by atoms with Crippen LogP contribution in [0.25, 0.3) is 0 Å². The normalized spacial score (nSPS) is 20.9. The second kappa shape index (κ2) is 6.38. The van der Waals surface area contributed by atoms with Gasteiger partial charge in [0, 0.05) is 19.0 Å². The molecule has 2 aliphatic heterocycles. The minimum atomic E-state index is -0.796. The highest BCUT2D eigenvalue weighted by molar-refractivity contribution is 6.03. The van der Waals surface area contributed by atoms with Crippen LogP contribution < -0.4 is 15.0 Å². The van der Waals surface area contributed by atoms with Crippen molar-refractivity contribution >= 4 is 17.5 Å². The van der Waals surface area contributed by atoms with E-state index in [9.17, 15) is 9.59 Å². The predicted molar refractivity (Wildman–Crippen MR) is 97.8 cm³/mol. The highest BCUT2D eigenvalue weighted by Gasteiger charge is 2.35. The molecule has 0 radical (unpaired) electrons. The standard InChI is InChI=1S/C19H22N4O4/c1-19(2)8-11-12(10-27-19)21-22-16(11)17(24)20-13-9-26-15-7-5-4-6-14(15)23(3)18(13)25/h4-7,13H,8-10H2,1-3H3,(H,20,24)(H,21,22)/t13-/m0/s1. The van der Waals surface area contributed by atoms with Gasteiger partial charge in [0.25, 0.3) is 11.8 Å². The number of carbonyl (C=O) groups is 2. The van der Waals surface area contributed by atoms with E-state index >= 15 is 0 Å². The first-order chi connectivity index (χ1) is 12.9. The van der Waals surface area contributed by atoms with Gasteiger partial charge in [0.05, 0.1) is 23.6 Å². The van der Waals surface area contributed by atoms with Gasteiger partial charge in [-0.1, -0.05) is 12.1 Å². The van der Waals surface area contributed by atoms with E-state index in [2.05, 4.69) is 15.5 Å². The van der Waals surface area contributed by atoms with Crippen molar-refractivity contribution in [3.63, 3.8) is 0 Å². The van der Waals surface area contributed by atoms with Crippen LogP contribution in [-0.4, -0.2) is 47.3 Å². The molecule has 2 N–H and O–H groups in total. The molecule has 0 aliphatic carbocycles. The number of fused-ring (bicyclic) bond motifs is 2. The van der Waals surface area contributed by atoms with Gasteiger partial charge < -0.3 is 19.7 Å². The number of likely N-dealkylation sites (N-methyl/N-ethyl adjacent to an activating group) is 1. The number of hydrogen-bond acceptors (Lipinski definition) is 5. The molecule has 8 heteroatoms. The number of amides is 2. The van der Waals surface area contributed by atoms with Gasteiger partial charge >= 0.3 is 0 Å². The molecule has 27 heavy (non-hydrogen) atoms. The number of aromatic amines is 1. The van der Waals surface area contributed by atoms with Gasteiger partial charge in [0.1, 0.15) is 18.4 Å². The second-order valence-electron chi connectivity index (χ2n) is 7.46. The fourth-order valence-corrected chi connectivity index (χ4v) is 3.43. The first-order valence-corrected chi connectivity index (χ1v) is 8.86. The second-order valence-corrected chi connectivity index (χ2v) is 7.46. The quantitative estimate of drug-likeness (QED) is 0.833. The summed E-state index contributed by atoms with van der Waals surface area (Å²) in [4.78, 5) is 27.1. The zero-order chi connectivity index (χ0) is 19.2. The smallest absolute Gasteiger partial charge is 0.272 e. The number of benzene rings is 1. The lowest BCUT2D eigenvalue weighted by molar-refractivity contribution is -0.120. The molecule has 1 aromatic carbocycles. The van der Waals surface area contributed by atoms with Crippen molar-refractivity contribution in [3.05, 3.63) is 41.2 Å². The molecule has 0 saturated carbocycles. The Labute approximate surface area is 156 Å². The highest BCUT2D eigenvalue weighted by Crippen LogP contribution is 2.31. The Morgan fingerprint density at radius 3 is 2.96 bits per heavy atom. The third-order valence-electron chi connectivity index (χ3n) is 4.94. The molecule has 8 nitrogen and oxygen atoms in total. The summed E-state index contributed by atoms with van der Waals surface area (Å²) in [5.41, 5.74) is 2.25. The Bertz CT molecular complexity index is 905. The summed E-state index contributed by atoms with van der Waals surface area (Å²) in [5, 5.41) is 9.79. The maximum Gasteiger partial charge on any atom is 0.272 e. The Balaban J connectivity index is 1.54. The van der Waals surface area contributed by atoms with Crippen LogP contribution in [0.2, 0.25) is 0 Å². The number of carbonyl (C=O) groups excluding carboxylic acids is 2. The number of para-hydroxylation sites is 2. The summed E-state index contributed by atoms with van der Waals surface area (Å²) in [6.07, 6.45) is 0.571. The largest absolute Gasteiger partial charge is 0.489 e. The zero-order valence-electron chi connectivity index (χ0n) is 15.5. The average Bonchev–Trinajstić information content (AvgIpc) is 3.01. The van der Waals surface area contributed by atoms with Crippen molar-refractivity contribution in [2.75, 3.05) is 18.6 Å². The van der Waals surface area contributed by atoms with Crippen LogP contribution in [0.15, 0.2) is 24.3 Å². The minimum absolute atomic E-state index is 0.0626. The third kappa shape index (κ3) is 3.16. The van der Waals surface area contributed by atoms with Crippen LogP contribution in [0.1, 0.15) is 35.6 Å². The number of ether oxygens (including phenoxy) is 2. The zero-order valence-corrected chi connectivity index (χ0v) is 15.5. The number of nitrogens with zero attached hydrogens (tertiary/aromatic N) is 2. The molecular weight excluding hydrogens is 348 g/mol. The molecule has 4 rings (SSSR count). The van der Waals surface area contributed by atoms with Gasteiger partial charge in [-0.15, -0.1) is 0 Å². The predicted octanol–water partition coefficient (Wildman–Crippen LogP) is 1.41. The number of H-pyrrole nitrogens is 1. The van der Waals surface area contributed by atoms with Gasteiger partial charge in [-0.25, -0.2) is 0 Å². The van der Waals surface area contributed by atoms with Crippen LogP contribution in [-0.2, 0) is 22.6 Å². The maximum atomic E-state index is 12.8. The van der Waals surface area contributed by atoms with Crippen LogP contribution in [0.3, 0.4) is 0 Å². The summed E-state index contributed by atoms with van der Waals surface area (Å²) >= 11 is 0. The molecule has 1 atom stereocenters. The number of hydrogen-bond donors (Lipinski definition) is 2. The van der Waals surface area contributed by atoms with Crippen molar-refractivity contribution in [2.45, 2.75) is 38.5 Å². The Kier molecular flexibility index (Phi) is 4.15. The molecule has 0 fully saturated rings. The van der Waals surface area contributed by atoms with Crippen molar-refractivity contribution in [1.82, 2.24) is 15.5 Å². The van der Waals surface area contributed by atoms with E-state index in [4.69, 9.17) is 9.47 Å².